The van der Waals surface area contributed by atoms with E-state index in [1.165, 1.54) is 0 Å². The van der Waals surface area contributed by atoms with E-state index in [0.717, 1.165) is 18.4 Å². The lowest BCUT2D eigenvalue weighted by Crippen LogP contribution is -2.64. The zero-order valence-electron chi connectivity index (χ0n) is 16.9. The first-order chi connectivity index (χ1) is 13.9. The molecule has 2 aromatic rings. The van der Waals surface area contributed by atoms with Crippen molar-refractivity contribution in [3.05, 3.63) is 30.3 Å². The highest BCUT2D eigenvalue weighted by Crippen LogP contribution is 2.40. The van der Waals surface area contributed by atoms with E-state index in [0.29, 0.717) is 44.4 Å². The molecule has 2 fully saturated rings. The summed E-state index contributed by atoms with van der Waals surface area (Å²) in [5.41, 5.74) is -0.478. The van der Waals surface area contributed by atoms with Crippen LogP contribution in [0.2, 0.25) is 0 Å². The van der Waals surface area contributed by atoms with Gasteiger partial charge in [-0.15, -0.1) is 0 Å². The van der Waals surface area contributed by atoms with E-state index in [9.17, 15) is 9.90 Å². The van der Waals surface area contributed by atoms with Crippen LogP contribution in [0.3, 0.4) is 0 Å². The number of piperidine rings is 1. The molecule has 8 heteroatoms. The highest BCUT2D eigenvalue weighted by atomic mass is 16.5. The molecule has 1 aromatic heterocycles. The van der Waals surface area contributed by atoms with Gasteiger partial charge in [-0.1, -0.05) is 42.4 Å². The predicted molar refractivity (Wildman–Crippen MR) is 107 cm³/mol. The lowest BCUT2D eigenvalue weighted by Gasteiger charge is -2.51. The second kappa shape index (κ2) is 7.76. The van der Waals surface area contributed by atoms with Gasteiger partial charge in [0.15, 0.2) is 0 Å². The second-order valence-electron chi connectivity index (χ2n) is 8.26. The largest absolute Gasteiger partial charge is 0.388 e. The van der Waals surface area contributed by atoms with E-state index < -0.39 is 11.2 Å². The zero-order chi connectivity index (χ0) is 20.5. The van der Waals surface area contributed by atoms with Gasteiger partial charge in [0.2, 0.25) is 11.7 Å². The highest BCUT2D eigenvalue weighted by molar-refractivity contribution is 5.76. The highest BCUT2D eigenvalue weighted by Gasteiger charge is 2.49. The molecule has 29 heavy (non-hydrogen) atoms. The molecule has 8 nitrogen and oxygen atoms in total. The fraction of sp³-hybridized carbons (Fsp3) is 0.571. The summed E-state index contributed by atoms with van der Waals surface area (Å²) in [6.45, 7) is 5.31. The molecule has 0 bridgehead atoms. The molecule has 3 heterocycles. The van der Waals surface area contributed by atoms with E-state index in [-0.39, 0.29) is 11.9 Å². The monoisotopic (exact) mass is 400 g/mol. The van der Waals surface area contributed by atoms with Crippen LogP contribution in [0.25, 0.3) is 11.4 Å². The summed E-state index contributed by atoms with van der Waals surface area (Å²) in [6, 6.07) is 9.86. The van der Waals surface area contributed by atoms with Crippen molar-refractivity contribution < 1.29 is 19.2 Å². The number of hydrogen-bond donors (Lipinski definition) is 2. The van der Waals surface area contributed by atoms with Crippen molar-refractivity contribution in [1.82, 2.24) is 15.5 Å². The Balaban J connectivity index is 1.38. The maximum absolute atomic E-state index is 11.7. The number of nitrogens with zero attached hydrogens (tertiary/aromatic N) is 3. The Morgan fingerprint density at radius 3 is 2.69 bits per heavy atom. The first-order valence-electron chi connectivity index (χ1n) is 10.2. The van der Waals surface area contributed by atoms with Crippen molar-refractivity contribution in [1.29, 1.82) is 0 Å². The molecule has 4 rings (SSSR count). The molecule has 1 aromatic carbocycles. The van der Waals surface area contributed by atoms with Gasteiger partial charge in [-0.05, 0) is 19.8 Å². The quantitative estimate of drug-likeness (QED) is 0.811. The molecule has 0 saturated carbocycles. The van der Waals surface area contributed by atoms with Crippen LogP contribution in [-0.4, -0.2) is 58.1 Å². The van der Waals surface area contributed by atoms with Crippen molar-refractivity contribution in [2.24, 2.45) is 0 Å². The predicted octanol–water partition coefficient (Wildman–Crippen LogP) is 2.14. The number of nitrogens with one attached hydrogen (secondary N) is 1. The summed E-state index contributed by atoms with van der Waals surface area (Å²) >= 11 is 0. The molecule has 2 aliphatic rings. The Kier molecular flexibility index (Phi) is 5.31. The van der Waals surface area contributed by atoms with Crippen LogP contribution in [0.5, 0.6) is 0 Å². The number of anilines is 1. The van der Waals surface area contributed by atoms with Crippen LogP contribution in [0.15, 0.2) is 34.9 Å². The number of ether oxygens (including phenoxy) is 1. The van der Waals surface area contributed by atoms with Crippen molar-refractivity contribution in [3.63, 3.8) is 0 Å². The first kappa shape index (κ1) is 19.8. The number of aromatic nitrogens is 2. The molecule has 2 aliphatic heterocycles. The standard InChI is InChI=1S/C21H28N4O4/c1-3-17(26)22-16-13-28-21(14-20(16,2)27)9-11-25(12-10-21)19-23-18(24-29-19)15-7-5-4-6-8-15/h4-8,16,27H,3,9-14H2,1-2H3,(H,22,26)/t16-,20-/m0/s1. The topological polar surface area (TPSA) is 101 Å². The first-order valence-corrected chi connectivity index (χ1v) is 10.2. The van der Waals surface area contributed by atoms with Gasteiger partial charge in [0, 0.05) is 31.5 Å². The third-order valence-electron chi connectivity index (χ3n) is 6.04. The summed E-state index contributed by atoms with van der Waals surface area (Å²) in [7, 11) is 0. The molecule has 0 unspecified atom stereocenters. The van der Waals surface area contributed by atoms with Crippen LogP contribution < -0.4 is 10.2 Å². The average Bonchev–Trinajstić information content (AvgIpc) is 3.21. The van der Waals surface area contributed by atoms with Gasteiger partial charge in [0.05, 0.1) is 23.9 Å². The molecular formula is C21H28N4O4. The van der Waals surface area contributed by atoms with Gasteiger partial charge < -0.3 is 24.6 Å². The molecule has 1 spiro atoms. The van der Waals surface area contributed by atoms with Gasteiger partial charge in [-0.2, -0.15) is 4.98 Å². The van der Waals surface area contributed by atoms with Gasteiger partial charge in [-0.25, -0.2) is 0 Å². The maximum Gasteiger partial charge on any atom is 0.324 e. The number of carbonyl (C=O) groups excluding carboxylic acids is 1. The Morgan fingerprint density at radius 2 is 2.03 bits per heavy atom. The Labute approximate surface area is 170 Å². The van der Waals surface area contributed by atoms with Crippen molar-refractivity contribution in [3.8, 4) is 11.4 Å². The molecular weight excluding hydrogens is 372 g/mol. The summed E-state index contributed by atoms with van der Waals surface area (Å²) in [4.78, 5) is 18.3. The number of hydrogen-bond acceptors (Lipinski definition) is 7. The van der Waals surface area contributed by atoms with Gasteiger partial charge in [-0.3, -0.25) is 4.79 Å². The molecule has 156 valence electrons. The van der Waals surface area contributed by atoms with Crippen molar-refractivity contribution >= 4 is 11.9 Å². The number of aliphatic hydroxyl groups is 1. The van der Waals surface area contributed by atoms with Crippen molar-refractivity contribution in [2.45, 2.75) is 56.8 Å². The van der Waals surface area contributed by atoms with Crippen LogP contribution in [0.4, 0.5) is 6.01 Å². The Bertz CT molecular complexity index is 843. The van der Waals surface area contributed by atoms with Gasteiger partial charge in [0.25, 0.3) is 0 Å². The van der Waals surface area contributed by atoms with Crippen LogP contribution in [0.1, 0.15) is 39.5 Å². The Hall–Kier alpha value is -2.45. The summed E-state index contributed by atoms with van der Waals surface area (Å²) < 4.78 is 11.7. The molecule has 1 amide bonds. The third kappa shape index (κ3) is 4.13. The normalized spacial score (nSPS) is 26.4. The minimum Gasteiger partial charge on any atom is -0.388 e. The minimum absolute atomic E-state index is 0.0738. The van der Waals surface area contributed by atoms with Crippen LogP contribution in [-0.2, 0) is 9.53 Å². The summed E-state index contributed by atoms with van der Waals surface area (Å²) in [5.74, 6) is 0.502. The number of amides is 1. The SMILES string of the molecule is CCC(=O)N[C@H]1COC2(CCN(c3nc(-c4ccccc4)no3)CC2)C[C@]1(C)O. The maximum atomic E-state index is 11.7. The fourth-order valence-electron chi connectivity index (χ4n) is 4.23. The minimum atomic E-state index is -1.00. The van der Waals surface area contributed by atoms with Gasteiger partial charge in [0.1, 0.15) is 0 Å². The summed E-state index contributed by atoms with van der Waals surface area (Å²) in [6.07, 6.45) is 2.38. The van der Waals surface area contributed by atoms with E-state index in [1.54, 1.807) is 13.8 Å². The lowest BCUT2D eigenvalue weighted by molar-refractivity contribution is -0.181. The average molecular weight is 400 g/mol. The second-order valence-corrected chi connectivity index (χ2v) is 8.26. The van der Waals surface area contributed by atoms with E-state index in [1.807, 2.05) is 30.3 Å². The number of carbonyl (C=O) groups is 1. The van der Waals surface area contributed by atoms with Gasteiger partial charge >= 0.3 is 6.01 Å². The molecule has 2 atom stereocenters. The molecule has 2 saturated heterocycles. The third-order valence-corrected chi connectivity index (χ3v) is 6.04. The molecule has 2 N–H and O–H groups in total. The smallest absolute Gasteiger partial charge is 0.324 e. The lowest BCUT2D eigenvalue weighted by atomic mass is 9.76. The number of rotatable bonds is 4. The van der Waals surface area contributed by atoms with Crippen LogP contribution >= 0.6 is 0 Å². The molecule has 0 radical (unpaired) electrons. The van der Waals surface area contributed by atoms with E-state index >= 15 is 0 Å². The fourth-order valence-corrected chi connectivity index (χ4v) is 4.23. The zero-order valence-corrected chi connectivity index (χ0v) is 16.9. The number of benzene rings is 1. The van der Waals surface area contributed by atoms with Crippen molar-refractivity contribution in [2.75, 3.05) is 24.6 Å². The van der Waals surface area contributed by atoms with E-state index in [2.05, 4.69) is 20.4 Å². The molecule has 0 aliphatic carbocycles. The van der Waals surface area contributed by atoms with Crippen LogP contribution in [0, 0.1) is 0 Å². The Morgan fingerprint density at radius 1 is 1.31 bits per heavy atom. The summed E-state index contributed by atoms with van der Waals surface area (Å²) in [5, 5.41) is 17.9. The van der Waals surface area contributed by atoms with E-state index in [4.69, 9.17) is 9.26 Å².